The standard InChI is InChI=1S/C21H27N3O4/c1-14-8-6-7-11-17(14)22-20(26)15(2)28-21(27)18-12-13-19(25)24(23-18)16-9-4-3-5-10-16/h3-5,9-10,14-15,17H,6-8,11-13H2,1-2H3,(H,22,26)/t14-,15-,17+/m0/s1. The van der Waals surface area contributed by atoms with Crippen LogP contribution in [-0.2, 0) is 19.1 Å². The van der Waals surface area contributed by atoms with Gasteiger partial charge in [-0.1, -0.05) is 38.0 Å². The van der Waals surface area contributed by atoms with Crippen LogP contribution in [0.4, 0.5) is 5.69 Å². The average molecular weight is 385 g/mol. The molecule has 2 aliphatic rings. The molecule has 3 atom stereocenters. The Bertz CT molecular complexity index is 762. The first-order valence-corrected chi connectivity index (χ1v) is 9.92. The molecule has 1 aromatic carbocycles. The summed E-state index contributed by atoms with van der Waals surface area (Å²) < 4.78 is 5.33. The van der Waals surface area contributed by atoms with Crippen LogP contribution < -0.4 is 10.3 Å². The van der Waals surface area contributed by atoms with Crippen LogP contribution in [0.2, 0.25) is 0 Å². The molecule has 1 N–H and O–H groups in total. The first-order chi connectivity index (χ1) is 13.5. The van der Waals surface area contributed by atoms with E-state index in [0.29, 0.717) is 11.6 Å². The second-order valence-corrected chi connectivity index (χ2v) is 7.51. The predicted octanol–water partition coefficient (Wildman–Crippen LogP) is 2.80. The molecule has 150 valence electrons. The Kier molecular flexibility index (Phi) is 6.44. The van der Waals surface area contributed by atoms with Crippen molar-refractivity contribution < 1.29 is 19.1 Å². The van der Waals surface area contributed by atoms with E-state index in [1.54, 1.807) is 31.2 Å². The molecule has 0 radical (unpaired) electrons. The third-order valence-corrected chi connectivity index (χ3v) is 5.36. The summed E-state index contributed by atoms with van der Waals surface area (Å²) in [5.41, 5.74) is 0.740. The van der Waals surface area contributed by atoms with E-state index in [9.17, 15) is 14.4 Å². The molecule has 28 heavy (non-hydrogen) atoms. The molecule has 0 spiro atoms. The van der Waals surface area contributed by atoms with Crippen molar-refractivity contribution in [1.29, 1.82) is 0 Å². The number of anilines is 1. The summed E-state index contributed by atoms with van der Waals surface area (Å²) in [6.07, 6.45) is 3.80. The van der Waals surface area contributed by atoms with Gasteiger partial charge in [0.05, 0.1) is 5.69 Å². The number of benzene rings is 1. The zero-order valence-corrected chi connectivity index (χ0v) is 16.4. The van der Waals surface area contributed by atoms with E-state index < -0.39 is 12.1 Å². The molecule has 1 aromatic rings. The van der Waals surface area contributed by atoms with Gasteiger partial charge in [-0.05, 0) is 37.8 Å². The Morgan fingerprint density at radius 1 is 1.18 bits per heavy atom. The normalized spacial score (nSPS) is 23.6. The summed E-state index contributed by atoms with van der Waals surface area (Å²) in [5.74, 6) is -0.708. The molecule has 7 nitrogen and oxygen atoms in total. The average Bonchev–Trinajstić information content (AvgIpc) is 2.70. The molecule has 0 saturated heterocycles. The maximum atomic E-state index is 12.5. The third-order valence-electron chi connectivity index (χ3n) is 5.36. The van der Waals surface area contributed by atoms with Crippen molar-refractivity contribution in [3.63, 3.8) is 0 Å². The van der Waals surface area contributed by atoms with Gasteiger partial charge >= 0.3 is 5.97 Å². The van der Waals surface area contributed by atoms with Crippen molar-refractivity contribution in [2.24, 2.45) is 11.0 Å². The lowest BCUT2D eigenvalue weighted by molar-refractivity contribution is -0.149. The van der Waals surface area contributed by atoms with Gasteiger partial charge in [0, 0.05) is 18.9 Å². The van der Waals surface area contributed by atoms with Crippen molar-refractivity contribution in [3.8, 4) is 0 Å². The van der Waals surface area contributed by atoms with Crippen molar-refractivity contribution in [2.45, 2.75) is 64.5 Å². The smallest absolute Gasteiger partial charge is 0.355 e. The van der Waals surface area contributed by atoms with Gasteiger partial charge in [-0.2, -0.15) is 5.10 Å². The van der Waals surface area contributed by atoms with E-state index in [1.165, 1.54) is 11.4 Å². The Morgan fingerprint density at radius 3 is 2.61 bits per heavy atom. The quantitative estimate of drug-likeness (QED) is 0.790. The highest BCUT2D eigenvalue weighted by Gasteiger charge is 2.30. The van der Waals surface area contributed by atoms with Gasteiger partial charge in [-0.25, -0.2) is 9.80 Å². The van der Waals surface area contributed by atoms with Gasteiger partial charge < -0.3 is 10.1 Å². The lowest BCUT2D eigenvalue weighted by atomic mass is 9.86. The van der Waals surface area contributed by atoms with Gasteiger partial charge in [0.25, 0.3) is 5.91 Å². The number of hydrogen-bond donors (Lipinski definition) is 1. The number of esters is 1. The molecule has 1 aliphatic heterocycles. The largest absolute Gasteiger partial charge is 0.448 e. The van der Waals surface area contributed by atoms with E-state index in [2.05, 4.69) is 17.3 Å². The minimum atomic E-state index is -0.910. The molecule has 0 unspecified atom stereocenters. The fraction of sp³-hybridized carbons (Fsp3) is 0.524. The topological polar surface area (TPSA) is 88.1 Å². The summed E-state index contributed by atoms with van der Waals surface area (Å²) in [5, 5.41) is 8.38. The highest BCUT2D eigenvalue weighted by Crippen LogP contribution is 2.24. The summed E-state index contributed by atoms with van der Waals surface area (Å²) >= 11 is 0. The third kappa shape index (κ3) is 4.77. The maximum absolute atomic E-state index is 12.5. The molecular weight excluding hydrogens is 358 g/mol. The SMILES string of the molecule is C[C@H](OC(=O)C1=NN(c2ccccc2)C(=O)CC1)C(=O)N[C@@H]1CCCC[C@@H]1C. The molecule has 1 heterocycles. The van der Waals surface area contributed by atoms with E-state index in [1.807, 2.05) is 6.07 Å². The summed E-state index contributed by atoms with van der Waals surface area (Å²) in [6.45, 7) is 3.69. The van der Waals surface area contributed by atoms with Crippen LogP contribution >= 0.6 is 0 Å². The van der Waals surface area contributed by atoms with Gasteiger partial charge in [-0.15, -0.1) is 0 Å². The van der Waals surface area contributed by atoms with E-state index in [4.69, 9.17) is 4.74 Å². The van der Waals surface area contributed by atoms with Crippen molar-refractivity contribution in [1.82, 2.24) is 5.32 Å². The summed E-state index contributed by atoms with van der Waals surface area (Å²) in [4.78, 5) is 37.1. The first kappa shape index (κ1) is 20.0. The molecule has 7 heteroatoms. The number of hydrogen-bond acceptors (Lipinski definition) is 5. The predicted molar refractivity (Wildman–Crippen MR) is 106 cm³/mol. The zero-order chi connectivity index (χ0) is 20.1. The maximum Gasteiger partial charge on any atom is 0.355 e. The van der Waals surface area contributed by atoms with Crippen LogP contribution in [-0.4, -0.2) is 35.6 Å². The first-order valence-electron chi connectivity index (χ1n) is 9.92. The molecule has 1 saturated carbocycles. The molecular formula is C21H27N3O4. The Balaban J connectivity index is 1.61. The van der Waals surface area contributed by atoms with Gasteiger partial charge in [0.1, 0.15) is 5.71 Å². The van der Waals surface area contributed by atoms with E-state index >= 15 is 0 Å². The second kappa shape index (κ2) is 8.99. The minimum Gasteiger partial charge on any atom is -0.448 e. The molecule has 0 bridgehead atoms. The van der Waals surface area contributed by atoms with Crippen LogP contribution in [0.3, 0.4) is 0 Å². The number of carbonyl (C=O) groups excluding carboxylic acids is 3. The number of para-hydroxylation sites is 1. The van der Waals surface area contributed by atoms with Crippen LogP contribution in [0.5, 0.6) is 0 Å². The molecule has 3 rings (SSSR count). The lowest BCUT2D eigenvalue weighted by Crippen LogP contribution is -2.46. The number of rotatable bonds is 5. The van der Waals surface area contributed by atoms with Crippen LogP contribution in [0.15, 0.2) is 35.4 Å². The van der Waals surface area contributed by atoms with Crippen LogP contribution in [0.25, 0.3) is 0 Å². The minimum absolute atomic E-state index is 0.126. The fourth-order valence-corrected chi connectivity index (χ4v) is 3.58. The van der Waals surface area contributed by atoms with Crippen molar-refractivity contribution in [2.75, 3.05) is 5.01 Å². The zero-order valence-electron chi connectivity index (χ0n) is 16.4. The van der Waals surface area contributed by atoms with Gasteiger partial charge in [0.2, 0.25) is 5.91 Å². The number of carbonyl (C=O) groups is 3. The number of nitrogens with one attached hydrogen (secondary N) is 1. The molecule has 0 aromatic heterocycles. The van der Waals surface area contributed by atoms with E-state index in [-0.39, 0.29) is 36.4 Å². The molecule has 2 amide bonds. The van der Waals surface area contributed by atoms with E-state index in [0.717, 1.165) is 19.3 Å². The summed E-state index contributed by atoms with van der Waals surface area (Å²) in [6, 6.07) is 9.05. The van der Waals surface area contributed by atoms with Crippen molar-refractivity contribution >= 4 is 29.2 Å². The molecule has 1 fully saturated rings. The highest BCUT2D eigenvalue weighted by atomic mass is 16.5. The van der Waals surface area contributed by atoms with Gasteiger partial charge in [0.15, 0.2) is 6.10 Å². The van der Waals surface area contributed by atoms with Crippen LogP contribution in [0, 0.1) is 5.92 Å². The van der Waals surface area contributed by atoms with Crippen LogP contribution in [0.1, 0.15) is 52.4 Å². The van der Waals surface area contributed by atoms with Crippen molar-refractivity contribution in [3.05, 3.63) is 30.3 Å². The highest BCUT2D eigenvalue weighted by molar-refractivity contribution is 6.38. The van der Waals surface area contributed by atoms with Gasteiger partial charge in [-0.3, -0.25) is 9.59 Å². The molecule has 1 aliphatic carbocycles. The number of nitrogens with zero attached hydrogens (tertiary/aromatic N) is 2. The Labute approximate surface area is 165 Å². The monoisotopic (exact) mass is 385 g/mol. The lowest BCUT2D eigenvalue weighted by Gasteiger charge is -2.30. The number of hydrazone groups is 1. The second-order valence-electron chi connectivity index (χ2n) is 7.51. The number of amides is 2. The summed E-state index contributed by atoms with van der Waals surface area (Å²) in [7, 11) is 0. The number of ether oxygens (including phenoxy) is 1. The fourth-order valence-electron chi connectivity index (χ4n) is 3.58. The Morgan fingerprint density at radius 2 is 1.89 bits per heavy atom. The Hall–Kier alpha value is -2.70.